The first-order valence-electron chi connectivity index (χ1n) is 6.89. The average molecular weight is 297 g/mol. The van der Waals surface area contributed by atoms with E-state index in [9.17, 15) is 4.79 Å². The number of nitrogens with zero attached hydrogens (tertiary/aromatic N) is 2. The number of carbonyl (C=O) groups excluding carboxylic acids is 1. The minimum absolute atomic E-state index is 0.0341. The molecule has 1 fully saturated rings. The Morgan fingerprint density at radius 2 is 2.25 bits per heavy atom. The van der Waals surface area contributed by atoms with Crippen LogP contribution in [-0.2, 0) is 4.74 Å². The molecular weight excluding hydrogens is 274 g/mol. The van der Waals surface area contributed by atoms with Gasteiger partial charge in [-0.05, 0) is 24.8 Å². The fourth-order valence-corrected chi connectivity index (χ4v) is 3.45. The van der Waals surface area contributed by atoms with E-state index in [1.807, 2.05) is 13.1 Å². The number of thiophene rings is 1. The molecule has 0 spiro atoms. The second kappa shape index (κ2) is 6.45. The summed E-state index contributed by atoms with van der Waals surface area (Å²) < 4.78 is 5.51. The average Bonchev–Trinajstić information content (AvgIpc) is 2.81. The predicted octanol–water partition coefficient (Wildman–Crippen LogP) is 1.89. The lowest BCUT2D eigenvalue weighted by Gasteiger charge is -2.27. The van der Waals surface area contributed by atoms with Crippen molar-refractivity contribution in [1.82, 2.24) is 4.90 Å². The summed E-state index contributed by atoms with van der Waals surface area (Å²) in [4.78, 5) is 16.4. The van der Waals surface area contributed by atoms with Crippen molar-refractivity contribution >= 4 is 27.9 Å². The lowest BCUT2D eigenvalue weighted by molar-refractivity contribution is 0.0577. The summed E-state index contributed by atoms with van der Waals surface area (Å²) in [6, 6.07) is 1.89. The Bertz CT molecular complexity index is 467. The molecule has 0 radical (unpaired) electrons. The number of ether oxygens (including phenoxy) is 1. The molecule has 112 valence electrons. The van der Waals surface area contributed by atoms with Gasteiger partial charge in [0.1, 0.15) is 4.88 Å². The molecule has 6 heteroatoms. The van der Waals surface area contributed by atoms with Crippen LogP contribution in [0.15, 0.2) is 6.07 Å². The van der Waals surface area contributed by atoms with Gasteiger partial charge < -0.3 is 20.3 Å². The van der Waals surface area contributed by atoms with Gasteiger partial charge in [-0.2, -0.15) is 0 Å². The van der Waals surface area contributed by atoms with Crippen LogP contribution in [0.25, 0.3) is 0 Å². The Kier molecular flexibility index (Phi) is 4.88. The molecule has 0 aromatic carbocycles. The van der Waals surface area contributed by atoms with Gasteiger partial charge in [-0.3, -0.25) is 4.79 Å². The highest BCUT2D eigenvalue weighted by molar-refractivity contribution is 7.18. The summed E-state index contributed by atoms with van der Waals surface area (Å²) in [5.41, 5.74) is 6.53. The number of hydrogen-bond donors (Lipinski definition) is 1. The summed E-state index contributed by atoms with van der Waals surface area (Å²) in [5, 5.41) is 1.04. The highest BCUT2D eigenvalue weighted by Crippen LogP contribution is 2.33. The van der Waals surface area contributed by atoms with Crippen molar-refractivity contribution < 1.29 is 9.53 Å². The summed E-state index contributed by atoms with van der Waals surface area (Å²) in [6.07, 6.45) is 2.34. The Morgan fingerprint density at radius 1 is 1.50 bits per heavy atom. The molecule has 2 N–H and O–H groups in total. The van der Waals surface area contributed by atoms with Crippen LogP contribution < -0.4 is 10.6 Å². The zero-order chi connectivity index (χ0) is 14.7. The van der Waals surface area contributed by atoms with Crippen LogP contribution >= 0.6 is 11.3 Å². The van der Waals surface area contributed by atoms with Gasteiger partial charge in [0.2, 0.25) is 0 Å². The molecule has 0 saturated carbocycles. The first-order chi connectivity index (χ1) is 9.49. The van der Waals surface area contributed by atoms with Crippen LogP contribution in [0.5, 0.6) is 0 Å². The number of amides is 1. The maximum atomic E-state index is 12.0. The summed E-state index contributed by atoms with van der Waals surface area (Å²) in [6.45, 7) is 2.65. The third-order valence-electron chi connectivity index (χ3n) is 3.51. The Morgan fingerprint density at radius 3 is 2.85 bits per heavy atom. The van der Waals surface area contributed by atoms with Crippen molar-refractivity contribution in [2.45, 2.75) is 12.8 Å². The quantitative estimate of drug-likeness (QED) is 0.922. The molecule has 0 bridgehead atoms. The molecule has 1 unspecified atom stereocenters. The third kappa shape index (κ3) is 3.43. The van der Waals surface area contributed by atoms with Gasteiger partial charge in [-0.1, -0.05) is 0 Å². The van der Waals surface area contributed by atoms with Gasteiger partial charge in [-0.25, -0.2) is 0 Å². The number of rotatable bonds is 4. The van der Waals surface area contributed by atoms with Gasteiger partial charge in [-0.15, -0.1) is 11.3 Å². The predicted molar refractivity (Wildman–Crippen MR) is 83.6 cm³/mol. The SMILES string of the molecule is CN(C)C(=O)c1sc(N(C)CC2CCCOC2)cc1N. The lowest BCUT2D eigenvalue weighted by Crippen LogP contribution is -2.30. The summed E-state index contributed by atoms with van der Waals surface area (Å²) in [7, 11) is 5.53. The number of anilines is 2. The van der Waals surface area contributed by atoms with Crippen LogP contribution in [-0.4, -0.2) is 51.7 Å². The molecule has 1 aliphatic heterocycles. The maximum absolute atomic E-state index is 12.0. The number of nitrogens with two attached hydrogens (primary N) is 1. The molecule has 5 nitrogen and oxygen atoms in total. The van der Waals surface area contributed by atoms with E-state index in [-0.39, 0.29) is 5.91 Å². The van der Waals surface area contributed by atoms with E-state index in [4.69, 9.17) is 10.5 Å². The number of carbonyl (C=O) groups is 1. The molecule has 1 saturated heterocycles. The molecule has 1 atom stereocenters. The van der Waals surface area contributed by atoms with E-state index in [1.54, 1.807) is 19.0 Å². The van der Waals surface area contributed by atoms with Crippen molar-refractivity contribution in [2.24, 2.45) is 5.92 Å². The van der Waals surface area contributed by atoms with E-state index in [1.165, 1.54) is 17.8 Å². The van der Waals surface area contributed by atoms with Crippen molar-refractivity contribution in [1.29, 1.82) is 0 Å². The van der Waals surface area contributed by atoms with Crippen LogP contribution in [0, 0.1) is 5.92 Å². The molecule has 1 aromatic rings. The molecular formula is C14H23N3O2S. The van der Waals surface area contributed by atoms with E-state index in [0.29, 0.717) is 16.5 Å². The smallest absolute Gasteiger partial charge is 0.265 e. The van der Waals surface area contributed by atoms with E-state index in [0.717, 1.165) is 31.2 Å². The Balaban J connectivity index is 2.04. The van der Waals surface area contributed by atoms with E-state index >= 15 is 0 Å². The normalized spacial score (nSPS) is 18.9. The van der Waals surface area contributed by atoms with Gasteiger partial charge in [0.15, 0.2) is 0 Å². The first kappa shape index (κ1) is 15.1. The van der Waals surface area contributed by atoms with Gasteiger partial charge in [0.05, 0.1) is 17.3 Å². The monoisotopic (exact) mass is 297 g/mol. The molecule has 1 aromatic heterocycles. The fraction of sp³-hybridized carbons (Fsp3) is 0.643. The van der Waals surface area contributed by atoms with Crippen molar-refractivity contribution in [3.63, 3.8) is 0 Å². The fourth-order valence-electron chi connectivity index (χ4n) is 2.38. The zero-order valence-corrected chi connectivity index (χ0v) is 13.2. The highest BCUT2D eigenvalue weighted by atomic mass is 32.1. The minimum atomic E-state index is -0.0341. The third-order valence-corrected chi connectivity index (χ3v) is 4.76. The Labute approximate surface area is 124 Å². The van der Waals surface area contributed by atoms with Crippen molar-refractivity contribution in [3.05, 3.63) is 10.9 Å². The van der Waals surface area contributed by atoms with Gasteiger partial charge in [0.25, 0.3) is 5.91 Å². The molecule has 2 heterocycles. The van der Waals surface area contributed by atoms with Crippen LogP contribution in [0.4, 0.5) is 10.7 Å². The summed E-state index contributed by atoms with van der Waals surface area (Å²) >= 11 is 1.46. The van der Waals surface area contributed by atoms with Gasteiger partial charge >= 0.3 is 0 Å². The second-order valence-electron chi connectivity index (χ2n) is 5.53. The van der Waals surface area contributed by atoms with Crippen LogP contribution in [0.1, 0.15) is 22.5 Å². The highest BCUT2D eigenvalue weighted by Gasteiger charge is 2.20. The van der Waals surface area contributed by atoms with E-state index in [2.05, 4.69) is 4.90 Å². The molecule has 0 aliphatic carbocycles. The molecule has 1 aliphatic rings. The lowest BCUT2D eigenvalue weighted by atomic mass is 10.0. The first-order valence-corrected chi connectivity index (χ1v) is 7.70. The Hall–Kier alpha value is -1.27. The molecule has 2 rings (SSSR count). The minimum Gasteiger partial charge on any atom is -0.397 e. The van der Waals surface area contributed by atoms with Crippen molar-refractivity contribution in [2.75, 3.05) is 51.5 Å². The van der Waals surface area contributed by atoms with Crippen LogP contribution in [0.2, 0.25) is 0 Å². The van der Waals surface area contributed by atoms with Crippen molar-refractivity contribution in [3.8, 4) is 0 Å². The molecule has 1 amide bonds. The van der Waals surface area contributed by atoms with Gasteiger partial charge in [0, 0.05) is 34.3 Å². The largest absolute Gasteiger partial charge is 0.397 e. The summed E-state index contributed by atoms with van der Waals surface area (Å²) in [5.74, 6) is 0.526. The maximum Gasteiger partial charge on any atom is 0.265 e. The van der Waals surface area contributed by atoms with E-state index < -0.39 is 0 Å². The number of hydrogen-bond acceptors (Lipinski definition) is 5. The number of nitrogen functional groups attached to an aromatic ring is 1. The van der Waals surface area contributed by atoms with Crippen LogP contribution in [0.3, 0.4) is 0 Å². The second-order valence-corrected chi connectivity index (χ2v) is 6.56. The zero-order valence-electron chi connectivity index (χ0n) is 12.4. The molecule has 20 heavy (non-hydrogen) atoms. The topological polar surface area (TPSA) is 58.8 Å². The standard InChI is InChI=1S/C14H23N3O2S/c1-16(2)14(18)13-11(15)7-12(20-13)17(3)8-10-5-4-6-19-9-10/h7,10H,4-6,8-9,15H2,1-3H3.